The lowest BCUT2D eigenvalue weighted by molar-refractivity contribution is -0.384. The van der Waals surface area contributed by atoms with Gasteiger partial charge in [-0.05, 0) is 19.4 Å². The second kappa shape index (κ2) is 12.3. The van der Waals surface area contributed by atoms with Crippen LogP contribution in [0.5, 0.6) is 0 Å². The Hall–Kier alpha value is -3.62. The van der Waals surface area contributed by atoms with Gasteiger partial charge in [-0.25, -0.2) is 4.79 Å². The Bertz CT molecular complexity index is 1180. The number of non-ortho nitro benzene ring substituents is 1. The standard InChI is InChI=1S/C27H35N5O6/c1-18-22(25(33)37-5)24(20-7-6-8-21(15-20)32(35)36)23(19(2)29-18)26(34)38-17-27(3,4)16-31-13-11-30(10-9-28)12-14-31/h6-8,15,22,24H,10-14,16-17H2,1-5H3. The van der Waals surface area contributed by atoms with Gasteiger partial charge >= 0.3 is 11.9 Å². The molecular formula is C27H35N5O6. The number of allylic oxidation sites excluding steroid dienone is 1. The van der Waals surface area contributed by atoms with E-state index >= 15 is 0 Å². The number of hydrogen-bond acceptors (Lipinski definition) is 10. The summed E-state index contributed by atoms with van der Waals surface area (Å²) >= 11 is 0. The molecule has 11 nitrogen and oxygen atoms in total. The van der Waals surface area contributed by atoms with Gasteiger partial charge in [0.25, 0.3) is 5.69 Å². The minimum absolute atomic E-state index is 0.133. The van der Waals surface area contributed by atoms with Crippen molar-refractivity contribution in [2.24, 2.45) is 16.3 Å². The molecule has 3 rings (SSSR count). The lowest BCUT2D eigenvalue weighted by atomic mass is 9.75. The fourth-order valence-corrected chi connectivity index (χ4v) is 5.12. The van der Waals surface area contributed by atoms with Crippen molar-refractivity contribution in [3.63, 3.8) is 0 Å². The zero-order valence-corrected chi connectivity index (χ0v) is 22.6. The topological polar surface area (TPSA) is 138 Å². The molecule has 204 valence electrons. The number of hydrogen-bond donors (Lipinski definition) is 0. The molecule has 1 aromatic rings. The molecule has 0 saturated carbocycles. The second-order valence-corrected chi connectivity index (χ2v) is 10.5. The van der Waals surface area contributed by atoms with Gasteiger partial charge in [0.15, 0.2) is 0 Å². The molecule has 1 fully saturated rings. The predicted octanol–water partition coefficient (Wildman–Crippen LogP) is 2.93. The number of rotatable bonds is 9. The first-order valence-electron chi connectivity index (χ1n) is 12.5. The van der Waals surface area contributed by atoms with Crippen molar-refractivity contribution < 1.29 is 24.0 Å². The van der Waals surface area contributed by atoms with E-state index in [2.05, 4.69) is 20.9 Å². The van der Waals surface area contributed by atoms with Gasteiger partial charge in [0.05, 0.1) is 36.8 Å². The molecule has 11 heteroatoms. The minimum Gasteiger partial charge on any atom is -0.468 e. The fourth-order valence-electron chi connectivity index (χ4n) is 5.12. The highest BCUT2D eigenvalue weighted by atomic mass is 16.6. The summed E-state index contributed by atoms with van der Waals surface area (Å²) in [6, 6.07) is 8.10. The third kappa shape index (κ3) is 6.82. The summed E-state index contributed by atoms with van der Waals surface area (Å²) in [7, 11) is 1.26. The Kier molecular flexibility index (Phi) is 9.36. The average Bonchev–Trinajstić information content (AvgIpc) is 2.87. The third-order valence-corrected chi connectivity index (χ3v) is 6.95. The van der Waals surface area contributed by atoms with E-state index in [0.29, 0.717) is 30.1 Å². The van der Waals surface area contributed by atoms with Gasteiger partial charge in [0.1, 0.15) is 5.92 Å². The van der Waals surface area contributed by atoms with Crippen molar-refractivity contribution in [3.8, 4) is 6.07 Å². The highest BCUT2D eigenvalue weighted by molar-refractivity contribution is 6.07. The normalized spacial score (nSPS) is 20.9. The molecule has 0 aliphatic carbocycles. The Balaban J connectivity index is 1.82. The number of methoxy groups -OCH3 is 1. The number of ether oxygens (including phenoxy) is 2. The van der Waals surface area contributed by atoms with E-state index in [-0.39, 0.29) is 23.3 Å². The number of benzene rings is 1. The lowest BCUT2D eigenvalue weighted by Crippen LogP contribution is -2.49. The quantitative estimate of drug-likeness (QED) is 0.206. The van der Waals surface area contributed by atoms with Crippen molar-refractivity contribution in [2.75, 3.05) is 53.0 Å². The summed E-state index contributed by atoms with van der Waals surface area (Å²) < 4.78 is 10.8. The summed E-state index contributed by atoms with van der Waals surface area (Å²) in [6.07, 6.45) is 0. The lowest BCUT2D eigenvalue weighted by Gasteiger charge is -2.38. The summed E-state index contributed by atoms with van der Waals surface area (Å²) in [5.74, 6) is -2.97. The number of carbonyl (C=O) groups excluding carboxylic acids is 2. The molecular weight excluding hydrogens is 490 g/mol. The van der Waals surface area contributed by atoms with Crippen LogP contribution < -0.4 is 0 Å². The maximum atomic E-state index is 13.5. The van der Waals surface area contributed by atoms with Crippen LogP contribution >= 0.6 is 0 Å². The molecule has 1 saturated heterocycles. The zero-order valence-electron chi connectivity index (χ0n) is 22.6. The van der Waals surface area contributed by atoms with Gasteiger partial charge in [0, 0.05) is 67.6 Å². The van der Waals surface area contributed by atoms with E-state index in [1.165, 1.54) is 25.3 Å². The molecule has 0 spiro atoms. The van der Waals surface area contributed by atoms with Gasteiger partial charge in [0.2, 0.25) is 0 Å². The number of nitrogens with zero attached hydrogens (tertiary/aromatic N) is 5. The summed E-state index contributed by atoms with van der Waals surface area (Å²) in [6.45, 7) is 11.9. The van der Waals surface area contributed by atoms with Crippen LogP contribution in [0.3, 0.4) is 0 Å². The Morgan fingerprint density at radius 3 is 2.47 bits per heavy atom. The Morgan fingerprint density at radius 1 is 1.21 bits per heavy atom. The minimum atomic E-state index is -0.925. The zero-order chi connectivity index (χ0) is 28.0. The molecule has 0 aromatic heterocycles. The molecule has 0 radical (unpaired) electrons. The van der Waals surface area contributed by atoms with E-state index in [9.17, 15) is 19.7 Å². The van der Waals surface area contributed by atoms with Crippen molar-refractivity contribution in [1.82, 2.24) is 9.80 Å². The van der Waals surface area contributed by atoms with Crippen LogP contribution in [0.25, 0.3) is 0 Å². The maximum absolute atomic E-state index is 13.5. The van der Waals surface area contributed by atoms with E-state index in [1.807, 2.05) is 13.8 Å². The molecule has 2 aliphatic rings. The molecule has 2 aliphatic heterocycles. The van der Waals surface area contributed by atoms with Crippen LogP contribution in [0.4, 0.5) is 5.69 Å². The van der Waals surface area contributed by atoms with Crippen LogP contribution in [-0.2, 0) is 19.1 Å². The Labute approximate surface area is 222 Å². The van der Waals surface area contributed by atoms with Crippen LogP contribution in [0.15, 0.2) is 40.5 Å². The van der Waals surface area contributed by atoms with Gasteiger partial charge in [-0.3, -0.25) is 24.8 Å². The molecule has 0 bridgehead atoms. The summed E-state index contributed by atoms with van der Waals surface area (Å²) in [5.41, 5.74) is 0.969. The summed E-state index contributed by atoms with van der Waals surface area (Å²) in [4.78, 5) is 46.1. The largest absolute Gasteiger partial charge is 0.468 e. The number of nitriles is 1. The van der Waals surface area contributed by atoms with Crippen molar-refractivity contribution >= 4 is 23.3 Å². The molecule has 1 aromatic carbocycles. The number of carbonyl (C=O) groups is 2. The number of esters is 2. The predicted molar refractivity (Wildman–Crippen MR) is 140 cm³/mol. The van der Waals surface area contributed by atoms with Crippen LogP contribution in [0.2, 0.25) is 0 Å². The fraction of sp³-hybridized carbons (Fsp3) is 0.556. The van der Waals surface area contributed by atoms with Crippen molar-refractivity contribution in [3.05, 3.63) is 51.2 Å². The molecule has 0 amide bonds. The molecule has 2 atom stereocenters. The molecule has 38 heavy (non-hydrogen) atoms. The van der Waals surface area contributed by atoms with Crippen molar-refractivity contribution in [2.45, 2.75) is 33.6 Å². The van der Waals surface area contributed by atoms with Crippen molar-refractivity contribution in [1.29, 1.82) is 5.26 Å². The highest BCUT2D eigenvalue weighted by Crippen LogP contribution is 2.41. The molecule has 2 heterocycles. The van der Waals surface area contributed by atoms with E-state index in [4.69, 9.17) is 14.7 Å². The molecule has 0 N–H and O–H groups in total. The first kappa shape index (κ1) is 28.9. The first-order valence-corrected chi connectivity index (χ1v) is 12.5. The van der Waals surface area contributed by atoms with Gasteiger partial charge in [-0.15, -0.1) is 0 Å². The smallest absolute Gasteiger partial charge is 0.336 e. The highest BCUT2D eigenvalue weighted by Gasteiger charge is 2.43. The number of nitro benzene ring substituents is 1. The third-order valence-electron chi connectivity index (χ3n) is 6.95. The van der Waals surface area contributed by atoms with E-state index < -0.39 is 28.7 Å². The van der Waals surface area contributed by atoms with Crippen LogP contribution in [0.1, 0.15) is 39.2 Å². The number of aliphatic imine (C=N–C) groups is 1. The average molecular weight is 526 g/mol. The van der Waals surface area contributed by atoms with Crippen LogP contribution in [0, 0.1) is 32.8 Å². The van der Waals surface area contributed by atoms with E-state index in [0.717, 1.165) is 26.2 Å². The van der Waals surface area contributed by atoms with Gasteiger partial charge < -0.3 is 14.4 Å². The SMILES string of the molecule is COC(=O)C1C(C)=NC(C)=C(C(=O)OCC(C)(C)CN2CCN(CC#N)CC2)C1c1cccc([N+](=O)[O-])c1. The monoisotopic (exact) mass is 525 g/mol. The van der Waals surface area contributed by atoms with Crippen LogP contribution in [-0.4, -0.2) is 85.4 Å². The number of nitro groups is 1. The first-order chi connectivity index (χ1) is 18.0. The number of piperazine rings is 1. The summed E-state index contributed by atoms with van der Waals surface area (Å²) in [5, 5.41) is 20.3. The van der Waals surface area contributed by atoms with Gasteiger partial charge in [-0.2, -0.15) is 5.26 Å². The van der Waals surface area contributed by atoms with Gasteiger partial charge in [-0.1, -0.05) is 26.0 Å². The van der Waals surface area contributed by atoms with E-state index in [1.54, 1.807) is 19.9 Å². The maximum Gasteiger partial charge on any atom is 0.336 e. The Morgan fingerprint density at radius 2 is 1.87 bits per heavy atom. The molecule has 2 unspecified atom stereocenters. The second-order valence-electron chi connectivity index (χ2n) is 10.5.